The number of nitro benzene ring substituents is 1. The minimum absolute atomic E-state index is 0.0978. The number of esters is 1. The van der Waals surface area contributed by atoms with Gasteiger partial charge in [-0.1, -0.05) is 5.16 Å². The fourth-order valence-corrected chi connectivity index (χ4v) is 2.69. The molecule has 0 spiro atoms. The minimum Gasteiger partial charge on any atom is -0.462 e. The fourth-order valence-electron chi connectivity index (χ4n) is 2.69. The quantitative estimate of drug-likeness (QED) is 0.210. The van der Waals surface area contributed by atoms with Crippen LogP contribution in [0.1, 0.15) is 22.7 Å². The number of nitrogens with zero attached hydrogens (tertiary/aromatic N) is 4. The molecule has 0 aliphatic rings. The van der Waals surface area contributed by atoms with Gasteiger partial charge in [0.1, 0.15) is 5.69 Å². The van der Waals surface area contributed by atoms with Crippen LogP contribution in [0, 0.1) is 10.1 Å². The molecule has 0 amide bonds. The number of aryl methyl sites for hydroxylation is 1. The van der Waals surface area contributed by atoms with Gasteiger partial charge < -0.3 is 19.3 Å². The van der Waals surface area contributed by atoms with E-state index in [9.17, 15) is 14.9 Å². The van der Waals surface area contributed by atoms with Crippen molar-refractivity contribution in [2.45, 2.75) is 12.8 Å². The molecule has 2 aromatic heterocycles. The number of benzene rings is 1. The lowest BCUT2D eigenvalue weighted by molar-refractivity contribution is -0.384. The third-order valence-electron chi connectivity index (χ3n) is 4.21. The molecule has 31 heavy (non-hydrogen) atoms. The number of methoxy groups -OCH3 is 1. The Morgan fingerprint density at radius 3 is 2.90 bits per heavy atom. The van der Waals surface area contributed by atoms with Crippen molar-refractivity contribution in [2.24, 2.45) is 0 Å². The largest absolute Gasteiger partial charge is 0.462 e. The average molecular weight is 427 g/mol. The van der Waals surface area contributed by atoms with Crippen LogP contribution >= 0.6 is 0 Å². The molecule has 1 aromatic carbocycles. The minimum atomic E-state index is -0.645. The van der Waals surface area contributed by atoms with Crippen molar-refractivity contribution in [1.29, 1.82) is 0 Å². The molecule has 2 heterocycles. The molecule has 162 valence electrons. The molecule has 11 heteroatoms. The number of carbonyl (C=O) groups excluding carboxylic acids is 1. The number of aromatic nitrogens is 3. The van der Waals surface area contributed by atoms with E-state index >= 15 is 0 Å². The van der Waals surface area contributed by atoms with E-state index in [0.29, 0.717) is 43.4 Å². The maximum absolute atomic E-state index is 12.2. The predicted molar refractivity (Wildman–Crippen MR) is 110 cm³/mol. The molecular weight excluding hydrogens is 406 g/mol. The van der Waals surface area contributed by atoms with Crippen molar-refractivity contribution in [1.82, 2.24) is 15.1 Å². The molecule has 0 atom stereocenters. The molecular formula is C20H21N5O6. The van der Waals surface area contributed by atoms with Crippen molar-refractivity contribution in [3.8, 4) is 11.4 Å². The number of hydrogen-bond acceptors (Lipinski definition) is 10. The average Bonchev–Trinajstić information content (AvgIpc) is 3.26. The van der Waals surface area contributed by atoms with Gasteiger partial charge in [0.25, 0.3) is 5.69 Å². The second-order valence-corrected chi connectivity index (χ2v) is 6.40. The van der Waals surface area contributed by atoms with Gasteiger partial charge >= 0.3 is 5.97 Å². The topological polar surface area (TPSA) is 143 Å². The Morgan fingerprint density at radius 2 is 2.16 bits per heavy atom. The first-order chi connectivity index (χ1) is 15.1. The lowest BCUT2D eigenvalue weighted by Gasteiger charge is -2.08. The van der Waals surface area contributed by atoms with Crippen LogP contribution in [0.2, 0.25) is 0 Å². The number of anilines is 1. The molecule has 0 unspecified atom stereocenters. The van der Waals surface area contributed by atoms with Crippen LogP contribution in [-0.2, 0) is 15.9 Å². The predicted octanol–water partition coefficient (Wildman–Crippen LogP) is 2.89. The summed E-state index contributed by atoms with van der Waals surface area (Å²) in [4.78, 5) is 31.3. The highest BCUT2D eigenvalue weighted by molar-refractivity contribution is 5.91. The van der Waals surface area contributed by atoms with E-state index in [-0.39, 0.29) is 17.9 Å². The van der Waals surface area contributed by atoms with E-state index in [0.717, 1.165) is 5.56 Å². The standard InChI is InChI=1S/C20H21N5O6/c1-29-11-9-22-16-7-6-14(12-17(16)25(27)28)20(26)30-10-3-5-18-23-19(24-31-18)15-4-2-8-21-13-15/h2,4,6-8,12-13,22H,3,5,9-11H2,1H3. The summed E-state index contributed by atoms with van der Waals surface area (Å²) in [6.07, 6.45) is 4.16. The maximum atomic E-state index is 12.2. The van der Waals surface area contributed by atoms with Crippen LogP contribution in [0.5, 0.6) is 0 Å². The van der Waals surface area contributed by atoms with Crippen LogP contribution in [0.3, 0.4) is 0 Å². The van der Waals surface area contributed by atoms with E-state index in [4.69, 9.17) is 14.0 Å². The van der Waals surface area contributed by atoms with Gasteiger partial charge in [-0.3, -0.25) is 15.1 Å². The summed E-state index contributed by atoms with van der Waals surface area (Å²) in [5.74, 6) is 0.205. The van der Waals surface area contributed by atoms with Crippen molar-refractivity contribution in [3.63, 3.8) is 0 Å². The Kier molecular flexibility index (Phi) is 7.60. The number of nitrogens with one attached hydrogen (secondary N) is 1. The van der Waals surface area contributed by atoms with Crippen LogP contribution in [-0.4, -0.2) is 52.9 Å². The van der Waals surface area contributed by atoms with E-state index in [1.807, 2.05) is 6.07 Å². The summed E-state index contributed by atoms with van der Waals surface area (Å²) < 4.78 is 15.3. The number of nitro groups is 1. The lowest BCUT2D eigenvalue weighted by Crippen LogP contribution is -2.11. The Morgan fingerprint density at radius 1 is 1.29 bits per heavy atom. The molecule has 0 saturated carbocycles. The molecule has 1 N–H and O–H groups in total. The van der Waals surface area contributed by atoms with Gasteiger partial charge in [0, 0.05) is 44.1 Å². The van der Waals surface area contributed by atoms with Gasteiger partial charge in [0.05, 0.1) is 23.7 Å². The monoisotopic (exact) mass is 427 g/mol. The summed E-state index contributed by atoms with van der Waals surface area (Å²) in [5.41, 5.74) is 0.935. The molecule has 0 bridgehead atoms. The molecule has 3 rings (SSSR count). The van der Waals surface area contributed by atoms with Gasteiger partial charge in [-0.15, -0.1) is 0 Å². The van der Waals surface area contributed by atoms with Gasteiger partial charge in [-0.05, 0) is 30.7 Å². The third-order valence-corrected chi connectivity index (χ3v) is 4.21. The van der Waals surface area contributed by atoms with Gasteiger partial charge in [0.2, 0.25) is 11.7 Å². The van der Waals surface area contributed by atoms with E-state index in [2.05, 4.69) is 20.4 Å². The molecule has 3 aromatic rings. The van der Waals surface area contributed by atoms with E-state index in [1.54, 1.807) is 18.5 Å². The third kappa shape index (κ3) is 6.06. The lowest BCUT2D eigenvalue weighted by atomic mass is 10.1. The normalized spacial score (nSPS) is 10.6. The smallest absolute Gasteiger partial charge is 0.338 e. The summed E-state index contributed by atoms with van der Waals surface area (Å²) in [6.45, 7) is 0.898. The summed E-state index contributed by atoms with van der Waals surface area (Å²) in [7, 11) is 1.54. The highest BCUT2D eigenvalue weighted by Gasteiger charge is 2.18. The first-order valence-electron chi connectivity index (χ1n) is 9.50. The molecule has 11 nitrogen and oxygen atoms in total. The second kappa shape index (κ2) is 10.8. The van der Waals surface area contributed by atoms with Crippen molar-refractivity contribution >= 4 is 17.3 Å². The van der Waals surface area contributed by atoms with Gasteiger partial charge in [-0.25, -0.2) is 4.79 Å². The van der Waals surface area contributed by atoms with Crippen LogP contribution < -0.4 is 5.32 Å². The number of ether oxygens (including phenoxy) is 2. The highest BCUT2D eigenvalue weighted by atomic mass is 16.6. The zero-order valence-corrected chi connectivity index (χ0v) is 16.8. The van der Waals surface area contributed by atoms with E-state index < -0.39 is 10.9 Å². The first kappa shape index (κ1) is 21.8. The van der Waals surface area contributed by atoms with Crippen LogP contribution in [0.25, 0.3) is 11.4 Å². The number of rotatable bonds is 11. The number of carbonyl (C=O) groups is 1. The molecule has 0 aliphatic heterocycles. The number of pyridine rings is 1. The van der Waals surface area contributed by atoms with Gasteiger partial charge in [-0.2, -0.15) is 4.98 Å². The van der Waals surface area contributed by atoms with Crippen LogP contribution in [0.4, 0.5) is 11.4 Å². The SMILES string of the molecule is COCCNc1ccc(C(=O)OCCCc2nc(-c3cccnc3)no2)cc1[N+](=O)[O-]. The summed E-state index contributed by atoms with van der Waals surface area (Å²) in [6, 6.07) is 7.74. The number of hydrogen-bond donors (Lipinski definition) is 1. The second-order valence-electron chi connectivity index (χ2n) is 6.40. The zero-order valence-electron chi connectivity index (χ0n) is 16.8. The van der Waals surface area contributed by atoms with Crippen molar-refractivity contribution in [3.05, 3.63) is 64.3 Å². The Bertz CT molecular complexity index is 1020. The zero-order chi connectivity index (χ0) is 22.1. The molecule has 0 radical (unpaired) electrons. The van der Waals surface area contributed by atoms with Gasteiger partial charge in [0.15, 0.2) is 0 Å². The molecule has 0 aliphatic carbocycles. The van der Waals surface area contributed by atoms with Crippen molar-refractivity contribution < 1.29 is 23.7 Å². The molecule has 0 fully saturated rings. The Hall–Kier alpha value is -3.86. The Labute approximate surface area is 177 Å². The van der Waals surface area contributed by atoms with Crippen molar-refractivity contribution in [2.75, 3.05) is 32.2 Å². The van der Waals surface area contributed by atoms with E-state index in [1.165, 1.54) is 25.3 Å². The summed E-state index contributed by atoms with van der Waals surface area (Å²) >= 11 is 0. The maximum Gasteiger partial charge on any atom is 0.338 e. The highest BCUT2D eigenvalue weighted by Crippen LogP contribution is 2.26. The Balaban J connectivity index is 1.51. The molecule has 0 saturated heterocycles. The fraction of sp³-hybridized carbons (Fsp3) is 0.300. The first-order valence-corrected chi connectivity index (χ1v) is 9.50. The summed E-state index contributed by atoms with van der Waals surface area (Å²) in [5, 5.41) is 18.1. The van der Waals surface area contributed by atoms with Crippen LogP contribution in [0.15, 0.2) is 47.2 Å².